The molecule has 0 unspecified atom stereocenters. The van der Waals surface area contributed by atoms with Crippen molar-refractivity contribution in [3.8, 4) is 0 Å². The van der Waals surface area contributed by atoms with Crippen LogP contribution < -0.4 is 0 Å². The molecule has 1 aliphatic rings. The monoisotopic (exact) mass is 331 g/mol. The largest absolute Gasteiger partial charge is 0.322 e. The summed E-state index contributed by atoms with van der Waals surface area (Å²) in [4.78, 5) is 5.15. The van der Waals surface area contributed by atoms with Crippen LogP contribution >= 0.6 is 11.6 Å². The van der Waals surface area contributed by atoms with Crippen LogP contribution in [-0.2, 0) is 13.0 Å². The Labute approximate surface area is 149 Å². The summed E-state index contributed by atoms with van der Waals surface area (Å²) in [6.45, 7) is -6.42. The Bertz CT molecular complexity index is 1030. The van der Waals surface area contributed by atoms with Gasteiger partial charge in [0.25, 0.3) is 0 Å². The predicted octanol–water partition coefficient (Wildman–Crippen LogP) is 4.33. The first-order valence-electron chi connectivity index (χ1n) is 10.5. The summed E-state index contributed by atoms with van der Waals surface area (Å²) in [5.74, 6) is -0.0247. The minimum Gasteiger partial charge on any atom is -0.322 e. The molecule has 0 N–H and O–H groups in total. The van der Waals surface area contributed by atoms with Crippen LogP contribution in [0.3, 0.4) is 0 Å². The number of rotatable bonds is 4. The molecule has 0 aliphatic carbocycles. The van der Waals surface area contributed by atoms with Gasteiger partial charge in [-0.15, -0.1) is 0 Å². The molecule has 0 radical (unpaired) electrons. The van der Waals surface area contributed by atoms with Gasteiger partial charge in [0.15, 0.2) is 0 Å². The number of likely N-dealkylation sites (tertiary alicyclic amines) is 1. The Hall–Kier alpha value is -1.84. The predicted molar refractivity (Wildman–Crippen MR) is 94.8 cm³/mol. The van der Waals surface area contributed by atoms with E-state index >= 15 is 0 Å². The zero-order valence-electron chi connectivity index (χ0n) is 18.5. The summed E-state index contributed by atoms with van der Waals surface area (Å²) in [6.07, 6.45) is -0.173. The minimum atomic E-state index is -2.46. The van der Waals surface area contributed by atoms with Gasteiger partial charge in [-0.2, -0.15) is 0 Å². The van der Waals surface area contributed by atoms with Crippen LogP contribution in [0.1, 0.15) is 32.5 Å². The van der Waals surface area contributed by atoms with E-state index in [2.05, 4.69) is 4.98 Å². The average molecular weight is 332 g/mol. The normalized spacial score (nSPS) is 24.4. The van der Waals surface area contributed by atoms with Crippen LogP contribution in [0.15, 0.2) is 48.5 Å². The van der Waals surface area contributed by atoms with Gasteiger partial charge in [0.1, 0.15) is 5.82 Å². The molecular formula is C19H20ClN3. The number of hydrogen-bond donors (Lipinski definition) is 0. The average Bonchev–Trinajstić information content (AvgIpc) is 3.12. The van der Waals surface area contributed by atoms with Crippen molar-refractivity contribution in [3.63, 3.8) is 0 Å². The van der Waals surface area contributed by atoms with Crippen molar-refractivity contribution in [1.82, 2.24) is 14.5 Å². The Kier molecular flexibility index (Phi) is 2.61. The molecule has 2 aromatic carbocycles. The maximum absolute atomic E-state index is 8.76. The molecule has 2 heterocycles. The highest BCUT2D eigenvalue weighted by molar-refractivity contribution is 6.30. The second kappa shape index (κ2) is 6.34. The van der Waals surface area contributed by atoms with E-state index in [1.165, 1.54) is 0 Å². The first-order chi connectivity index (χ1) is 13.5. The van der Waals surface area contributed by atoms with Gasteiger partial charge in [0, 0.05) is 17.1 Å². The molecule has 0 saturated carbocycles. The van der Waals surface area contributed by atoms with Gasteiger partial charge >= 0.3 is 0 Å². The van der Waals surface area contributed by atoms with Crippen molar-refractivity contribution in [3.05, 3.63) is 64.9 Å². The van der Waals surface area contributed by atoms with Crippen molar-refractivity contribution in [1.29, 1.82) is 0 Å². The lowest BCUT2D eigenvalue weighted by molar-refractivity contribution is 0.318. The third-order valence-electron chi connectivity index (χ3n) is 3.79. The molecule has 0 atom stereocenters. The number of benzene rings is 2. The van der Waals surface area contributed by atoms with E-state index in [9.17, 15) is 0 Å². The maximum Gasteiger partial charge on any atom is 0.124 e. The number of hydrogen-bond acceptors (Lipinski definition) is 2. The molecule has 3 aromatic rings. The summed E-state index contributed by atoms with van der Waals surface area (Å²) in [6, 6.07) is 14.4. The summed E-state index contributed by atoms with van der Waals surface area (Å²) in [5.41, 5.74) is 2.14. The lowest BCUT2D eigenvalue weighted by Crippen LogP contribution is -2.21. The fraction of sp³-hybridized carbons (Fsp3) is 0.316. The van der Waals surface area contributed by atoms with Gasteiger partial charge in [-0.3, -0.25) is 4.90 Å². The fourth-order valence-electron chi connectivity index (χ4n) is 2.66. The molecule has 1 saturated heterocycles. The first-order valence-corrected chi connectivity index (χ1v) is 7.91. The summed E-state index contributed by atoms with van der Waals surface area (Å²) < 4.78 is 52.1. The number of nitrogens with zero attached hydrogens (tertiary/aromatic N) is 3. The Morgan fingerprint density at radius 1 is 1.09 bits per heavy atom. The number of fused-ring (bicyclic) bond motifs is 1. The number of aromatic nitrogens is 2. The standard InChI is InChI=1S/C19H20ClN3/c20-16-9-7-15(8-10-16)13-23-18-6-2-1-5-17(18)21-19(23)14-22-11-3-4-12-22/h1-2,5-10H,3-4,11-14H2/i11D2,12D2,14D2. The lowest BCUT2D eigenvalue weighted by atomic mass is 10.2. The van der Waals surface area contributed by atoms with Gasteiger partial charge in [0.05, 0.1) is 20.3 Å². The van der Waals surface area contributed by atoms with Crippen LogP contribution in [0.2, 0.25) is 5.02 Å². The smallest absolute Gasteiger partial charge is 0.124 e. The minimum absolute atomic E-state index is 0.0247. The van der Waals surface area contributed by atoms with Gasteiger partial charge in [-0.1, -0.05) is 35.9 Å². The van der Waals surface area contributed by atoms with Crippen LogP contribution in [0.5, 0.6) is 0 Å². The van der Waals surface area contributed by atoms with Crippen LogP contribution in [0.25, 0.3) is 11.0 Å². The van der Waals surface area contributed by atoms with E-state index in [4.69, 9.17) is 19.8 Å². The molecular weight excluding hydrogens is 306 g/mol. The topological polar surface area (TPSA) is 21.1 Å². The third kappa shape index (κ3) is 3.12. The van der Waals surface area contributed by atoms with Crippen LogP contribution in [0.4, 0.5) is 0 Å². The molecule has 4 heteroatoms. The zero-order chi connectivity index (χ0) is 21.0. The molecule has 0 amide bonds. The second-order valence-electron chi connectivity index (χ2n) is 5.40. The SMILES string of the molecule is [2H]C1([2H])CCC([2H])([2H])N1C([2H])([2H])c1nc2ccccc2n1Cc1ccc(Cl)cc1. The van der Waals surface area contributed by atoms with E-state index in [0.29, 0.717) is 27.5 Å². The quantitative estimate of drug-likeness (QED) is 0.709. The van der Waals surface area contributed by atoms with Gasteiger partial charge < -0.3 is 4.57 Å². The van der Waals surface area contributed by atoms with Crippen molar-refractivity contribution in [2.75, 3.05) is 13.0 Å². The summed E-state index contributed by atoms with van der Waals surface area (Å²) >= 11 is 5.97. The molecule has 4 rings (SSSR count). The van der Waals surface area contributed by atoms with Gasteiger partial charge in [-0.25, -0.2) is 4.98 Å². The number of para-hydroxylation sites is 2. The second-order valence-corrected chi connectivity index (χ2v) is 5.84. The first kappa shape index (κ1) is 9.45. The fourth-order valence-corrected chi connectivity index (χ4v) is 2.79. The van der Waals surface area contributed by atoms with Crippen molar-refractivity contribution in [2.24, 2.45) is 0 Å². The Morgan fingerprint density at radius 2 is 1.83 bits per heavy atom. The lowest BCUT2D eigenvalue weighted by Gasteiger charge is -2.16. The Morgan fingerprint density at radius 3 is 2.61 bits per heavy atom. The molecule has 1 fully saturated rings. The molecule has 23 heavy (non-hydrogen) atoms. The maximum atomic E-state index is 8.76. The van der Waals surface area contributed by atoms with Gasteiger partial charge in [0.2, 0.25) is 0 Å². The highest BCUT2D eigenvalue weighted by Gasteiger charge is 2.17. The number of halogens is 1. The summed E-state index contributed by atoms with van der Waals surface area (Å²) in [5, 5.41) is 0.596. The molecule has 0 spiro atoms. The molecule has 1 aliphatic heterocycles. The van der Waals surface area contributed by atoms with Crippen LogP contribution in [-0.4, -0.2) is 27.4 Å². The van der Waals surface area contributed by atoms with Crippen molar-refractivity contribution < 1.29 is 8.22 Å². The highest BCUT2D eigenvalue weighted by Crippen LogP contribution is 2.21. The van der Waals surface area contributed by atoms with E-state index in [1.807, 2.05) is 24.3 Å². The Balaban J connectivity index is 1.87. The molecule has 3 nitrogen and oxygen atoms in total. The summed E-state index contributed by atoms with van der Waals surface area (Å²) in [7, 11) is 0. The van der Waals surface area contributed by atoms with E-state index in [0.717, 1.165) is 5.56 Å². The van der Waals surface area contributed by atoms with Gasteiger partial charge in [-0.05, 0) is 55.7 Å². The third-order valence-corrected chi connectivity index (χ3v) is 4.04. The van der Waals surface area contributed by atoms with E-state index in [1.54, 1.807) is 28.8 Å². The number of imidazole rings is 1. The molecule has 118 valence electrons. The van der Waals surface area contributed by atoms with E-state index in [-0.39, 0.29) is 18.7 Å². The highest BCUT2D eigenvalue weighted by atomic mass is 35.5. The molecule has 0 bridgehead atoms. The zero-order valence-corrected chi connectivity index (χ0v) is 13.2. The molecule has 1 aromatic heterocycles. The van der Waals surface area contributed by atoms with Crippen molar-refractivity contribution in [2.45, 2.75) is 25.9 Å². The van der Waals surface area contributed by atoms with E-state index < -0.39 is 19.5 Å². The van der Waals surface area contributed by atoms with Crippen LogP contribution in [0, 0.1) is 0 Å². The van der Waals surface area contributed by atoms with Crippen molar-refractivity contribution >= 4 is 22.6 Å².